The summed E-state index contributed by atoms with van der Waals surface area (Å²) >= 11 is 1.98. The van der Waals surface area contributed by atoms with Gasteiger partial charge in [-0.25, -0.2) is 9.78 Å². The van der Waals surface area contributed by atoms with Crippen molar-refractivity contribution in [3.63, 3.8) is 0 Å². The van der Waals surface area contributed by atoms with Crippen LogP contribution in [0.25, 0.3) is 0 Å². The number of hydrogen-bond acceptors (Lipinski definition) is 6. The van der Waals surface area contributed by atoms with Gasteiger partial charge in [-0.05, 0) is 31.6 Å². The molecular weight excluding hydrogens is 262 g/mol. The van der Waals surface area contributed by atoms with Crippen molar-refractivity contribution in [2.75, 3.05) is 30.0 Å². The Morgan fingerprint density at radius 2 is 2.53 bits per heavy atom. The van der Waals surface area contributed by atoms with Gasteiger partial charge in [0.15, 0.2) is 0 Å². The molecule has 2 rings (SSSR count). The average Bonchev–Trinajstić information content (AvgIpc) is 2.91. The predicted octanol–water partition coefficient (Wildman–Crippen LogP) is 2.15. The van der Waals surface area contributed by atoms with Gasteiger partial charge in [0.2, 0.25) is 0 Å². The van der Waals surface area contributed by atoms with E-state index in [0.29, 0.717) is 28.9 Å². The highest BCUT2D eigenvalue weighted by Crippen LogP contribution is 2.26. The highest BCUT2D eigenvalue weighted by molar-refractivity contribution is 8.00. The van der Waals surface area contributed by atoms with E-state index in [2.05, 4.69) is 10.3 Å². The van der Waals surface area contributed by atoms with E-state index in [9.17, 15) is 4.79 Å². The number of nitrogens with two attached hydrogens (primary N) is 1. The van der Waals surface area contributed by atoms with Crippen LogP contribution in [0.2, 0.25) is 0 Å². The molecule has 1 aromatic rings. The summed E-state index contributed by atoms with van der Waals surface area (Å²) in [5.41, 5.74) is 6.46. The second-order valence-electron chi connectivity index (χ2n) is 4.39. The van der Waals surface area contributed by atoms with Crippen molar-refractivity contribution in [2.24, 2.45) is 0 Å². The molecule has 1 saturated heterocycles. The summed E-state index contributed by atoms with van der Waals surface area (Å²) in [5.74, 6) is 1.50. The van der Waals surface area contributed by atoms with E-state index in [1.54, 1.807) is 13.0 Å². The molecule has 1 fully saturated rings. The zero-order valence-electron chi connectivity index (χ0n) is 11.0. The number of ether oxygens (including phenoxy) is 1. The maximum atomic E-state index is 11.7. The van der Waals surface area contributed by atoms with Gasteiger partial charge in [-0.3, -0.25) is 0 Å². The molecule has 19 heavy (non-hydrogen) atoms. The van der Waals surface area contributed by atoms with Crippen LogP contribution in [0.1, 0.15) is 30.1 Å². The zero-order chi connectivity index (χ0) is 13.7. The number of aromatic nitrogens is 1. The van der Waals surface area contributed by atoms with Crippen molar-refractivity contribution < 1.29 is 9.53 Å². The largest absolute Gasteiger partial charge is 0.462 e. The smallest absolute Gasteiger partial charge is 0.340 e. The highest BCUT2D eigenvalue weighted by Gasteiger charge is 2.16. The van der Waals surface area contributed by atoms with Gasteiger partial charge < -0.3 is 15.8 Å². The minimum atomic E-state index is -0.402. The van der Waals surface area contributed by atoms with Crippen molar-refractivity contribution in [3.8, 4) is 0 Å². The number of carbonyl (C=O) groups is 1. The molecule has 1 unspecified atom stereocenters. The van der Waals surface area contributed by atoms with E-state index in [-0.39, 0.29) is 0 Å². The first-order valence-electron chi connectivity index (χ1n) is 6.48. The quantitative estimate of drug-likeness (QED) is 0.805. The fourth-order valence-corrected chi connectivity index (χ4v) is 3.17. The molecule has 0 bridgehead atoms. The molecule has 3 N–H and O–H groups in total. The fraction of sp³-hybridized carbons (Fsp3) is 0.538. The van der Waals surface area contributed by atoms with Crippen LogP contribution in [0, 0.1) is 0 Å². The molecule has 6 heteroatoms. The molecule has 1 atom stereocenters. The number of nitrogens with one attached hydrogen (secondary N) is 1. The van der Waals surface area contributed by atoms with Gasteiger partial charge in [0.05, 0.1) is 24.1 Å². The standard InChI is InChI=1S/C13H19N3O2S/c1-2-18-13(17)10-6-12(16-8-11(10)14)15-7-9-4-3-5-19-9/h6,8-9H,2-5,7,14H2,1H3,(H,15,16). The molecular formula is C13H19N3O2S. The first kappa shape index (κ1) is 14.0. The fourth-order valence-electron chi connectivity index (χ4n) is 1.97. The van der Waals surface area contributed by atoms with Crippen LogP contribution in [0.15, 0.2) is 12.3 Å². The molecule has 0 radical (unpaired) electrons. The lowest BCUT2D eigenvalue weighted by Gasteiger charge is -2.12. The van der Waals surface area contributed by atoms with Crippen molar-refractivity contribution >= 4 is 29.2 Å². The summed E-state index contributed by atoms with van der Waals surface area (Å²) in [4.78, 5) is 15.9. The van der Waals surface area contributed by atoms with Gasteiger partial charge in [0, 0.05) is 11.8 Å². The number of hydrogen-bond donors (Lipinski definition) is 2. The Hall–Kier alpha value is -1.43. The Morgan fingerprint density at radius 1 is 1.68 bits per heavy atom. The van der Waals surface area contributed by atoms with Crippen LogP contribution in [-0.2, 0) is 4.74 Å². The lowest BCUT2D eigenvalue weighted by atomic mass is 10.2. The number of rotatable bonds is 5. The third-order valence-electron chi connectivity index (χ3n) is 2.96. The van der Waals surface area contributed by atoms with E-state index in [1.165, 1.54) is 24.8 Å². The number of anilines is 2. The van der Waals surface area contributed by atoms with Gasteiger partial charge in [0.25, 0.3) is 0 Å². The first-order valence-corrected chi connectivity index (χ1v) is 7.53. The predicted molar refractivity (Wildman–Crippen MR) is 78.6 cm³/mol. The molecule has 0 amide bonds. The average molecular weight is 281 g/mol. The van der Waals surface area contributed by atoms with E-state index in [4.69, 9.17) is 10.5 Å². The van der Waals surface area contributed by atoms with E-state index < -0.39 is 5.97 Å². The van der Waals surface area contributed by atoms with Gasteiger partial charge in [-0.15, -0.1) is 0 Å². The van der Waals surface area contributed by atoms with Crippen LogP contribution in [-0.4, -0.2) is 35.1 Å². The minimum absolute atomic E-state index is 0.335. The van der Waals surface area contributed by atoms with Crippen molar-refractivity contribution in [1.29, 1.82) is 0 Å². The van der Waals surface area contributed by atoms with Gasteiger partial charge in [-0.1, -0.05) is 0 Å². The van der Waals surface area contributed by atoms with Gasteiger partial charge >= 0.3 is 5.97 Å². The van der Waals surface area contributed by atoms with Crippen molar-refractivity contribution in [2.45, 2.75) is 25.0 Å². The van der Waals surface area contributed by atoms with Crippen LogP contribution in [0.4, 0.5) is 11.5 Å². The topological polar surface area (TPSA) is 77.2 Å². The third kappa shape index (κ3) is 3.76. The Kier molecular flexibility index (Phi) is 4.90. The molecule has 104 valence electrons. The van der Waals surface area contributed by atoms with Crippen LogP contribution >= 0.6 is 11.8 Å². The van der Waals surface area contributed by atoms with Crippen molar-refractivity contribution in [1.82, 2.24) is 4.98 Å². The Balaban J connectivity index is 2.00. The molecule has 1 aliphatic heterocycles. The highest BCUT2D eigenvalue weighted by atomic mass is 32.2. The maximum absolute atomic E-state index is 11.7. The number of nitrogens with zero attached hydrogens (tertiary/aromatic N) is 1. The van der Waals surface area contributed by atoms with Crippen molar-refractivity contribution in [3.05, 3.63) is 17.8 Å². The molecule has 0 aliphatic carbocycles. The summed E-state index contributed by atoms with van der Waals surface area (Å²) < 4.78 is 4.96. The van der Waals surface area contributed by atoms with Crippen LogP contribution in [0.5, 0.6) is 0 Å². The number of carbonyl (C=O) groups excluding carboxylic acids is 1. The van der Waals surface area contributed by atoms with E-state index >= 15 is 0 Å². The number of pyridine rings is 1. The minimum Gasteiger partial charge on any atom is -0.462 e. The maximum Gasteiger partial charge on any atom is 0.340 e. The zero-order valence-corrected chi connectivity index (χ0v) is 11.8. The number of nitrogen functional groups attached to an aromatic ring is 1. The SMILES string of the molecule is CCOC(=O)c1cc(NCC2CCCS2)ncc1N. The monoisotopic (exact) mass is 281 g/mol. The van der Waals surface area contributed by atoms with Gasteiger partial charge in [-0.2, -0.15) is 11.8 Å². The molecule has 2 heterocycles. The second-order valence-corrected chi connectivity index (χ2v) is 5.80. The molecule has 0 spiro atoms. The normalized spacial score (nSPS) is 18.3. The molecule has 0 saturated carbocycles. The Labute approximate surface area is 117 Å². The summed E-state index contributed by atoms with van der Waals surface area (Å²) in [6.45, 7) is 2.97. The van der Waals surface area contributed by atoms with Gasteiger partial charge in [0.1, 0.15) is 5.82 Å². The molecule has 1 aliphatic rings. The van der Waals surface area contributed by atoms with Crippen LogP contribution < -0.4 is 11.1 Å². The first-order chi connectivity index (χ1) is 9.20. The molecule has 5 nitrogen and oxygen atoms in total. The summed E-state index contributed by atoms with van der Waals surface area (Å²) in [6, 6.07) is 1.66. The van der Waals surface area contributed by atoms with E-state index in [0.717, 1.165) is 6.54 Å². The Morgan fingerprint density at radius 3 is 3.21 bits per heavy atom. The molecule has 1 aromatic heterocycles. The summed E-state index contributed by atoms with van der Waals surface area (Å²) in [7, 11) is 0. The second kappa shape index (κ2) is 6.65. The Bertz CT molecular complexity index is 448. The lowest BCUT2D eigenvalue weighted by Crippen LogP contribution is -2.15. The number of esters is 1. The number of thioether (sulfide) groups is 1. The summed E-state index contributed by atoms with van der Waals surface area (Å²) in [6.07, 6.45) is 4.01. The third-order valence-corrected chi connectivity index (χ3v) is 4.36. The summed E-state index contributed by atoms with van der Waals surface area (Å²) in [5, 5.41) is 3.89. The van der Waals surface area contributed by atoms with E-state index in [1.807, 2.05) is 11.8 Å². The molecule has 0 aromatic carbocycles. The van der Waals surface area contributed by atoms with Crippen LogP contribution in [0.3, 0.4) is 0 Å². The lowest BCUT2D eigenvalue weighted by molar-refractivity contribution is 0.0527.